The van der Waals surface area contributed by atoms with Gasteiger partial charge in [0.05, 0.1) is 0 Å². The molecular weight excluding hydrogens is 262 g/mol. The van der Waals surface area contributed by atoms with E-state index in [9.17, 15) is 5.11 Å². The van der Waals surface area contributed by atoms with E-state index in [1.165, 1.54) is 29.7 Å². The van der Waals surface area contributed by atoms with Crippen molar-refractivity contribution in [3.05, 3.63) is 19.8 Å². The second-order valence-electron chi connectivity index (χ2n) is 3.61. The highest BCUT2D eigenvalue weighted by molar-refractivity contribution is 9.10. The van der Waals surface area contributed by atoms with Gasteiger partial charge in [0.25, 0.3) is 0 Å². The van der Waals surface area contributed by atoms with Gasteiger partial charge >= 0.3 is 0 Å². The van der Waals surface area contributed by atoms with E-state index in [0.717, 1.165) is 9.35 Å². The van der Waals surface area contributed by atoms with Gasteiger partial charge in [0.15, 0.2) is 0 Å². The molecule has 2 nitrogen and oxygen atoms in total. The summed E-state index contributed by atoms with van der Waals surface area (Å²) < 4.78 is 1.15. The number of aliphatic hydroxyl groups is 1. The molecule has 1 aromatic heterocycles. The minimum Gasteiger partial charge on any atom is -0.386 e. The van der Waals surface area contributed by atoms with Gasteiger partial charge in [-0.3, -0.25) is 0 Å². The molecule has 1 heterocycles. The lowest BCUT2D eigenvalue weighted by atomic mass is 10.2. The largest absolute Gasteiger partial charge is 0.386 e. The summed E-state index contributed by atoms with van der Waals surface area (Å²) in [5, 5.41) is 12.9. The molecule has 0 amide bonds. The lowest BCUT2D eigenvalue weighted by Gasteiger charge is -2.08. The van der Waals surface area contributed by atoms with Crippen LogP contribution in [0, 0.1) is 0 Å². The number of thiophene rings is 1. The van der Waals surface area contributed by atoms with Gasteiger partial charge in [-0.1, -0.05) is 0 Å². The Labute approximate surface area is 96.5 Å². The van der Waals surface area contributed by atoms with Crippen LogP contribution in [0.2, 0.25) is 0 Å². The lowest BCUT2D eigenvalue weighted by molar-refractivity contribution is 0.181. The minimum absolute atomic E-state index is 0.370. The zero-order valence-electron chi connectivity index (χ0n) is 8.14. The fraction of sp³-hybridized carbons (Fsp3) is 0.600. The summed E-state index contributed by atoms with van der Waals surface area (Å²) in [6.45, 7) is 0.623. The first-order valence-electron chi connectivity index (χ1n) is 4.86. The van der Waals surface area contributed by atoms with Crippen molar-refractivity contribution in [2.75, 3.05) is 13.6 Å². The number of fused-ring (bicyclic) bond motifs is 1. The van der Waals surface area contributed by atoms with E-state index in [1.54, 1.807) is 11.3 Å². The first kappa shape index (κ1) is 10.6. The highest BCUT2D eigenvalue weighted by Crippen LogP contribution is 2.41. The number of hydrogen-bond donors (Lipinski definition) is 2. The van der Waals surface area contributed by atoms with Crippen molar-refractivity contribution in [3.8, 4) is 0 Å². The second-order valence-corrected chi connectivity index (χ2v) is 5.54. The maximum atomic E-state index is 9.88. The number of rotatable bonds is 3. The zero-order chi connectivity index (χ0) is 10.1. The second kappa shape index (κ2) is 4.31. The number of halogens is 1. The van der Waals surface area contributed by atoms with Gasteiger partial charge < -0.3 is 10.4 Å². The Kier molecular flexibility index (Phi) is 3.27. The lowest BCUT2D eigenvalue weighted by Crippen LogP contribution is -2.16. The Morgan fingerprint density at radius 2 is 2.36 bits per heavy atom. The maximum absolute atomic E-state index is 9.88. The molecule has 0 saturated carbocycles. The fourth-order valence-corrected chi connectivity index (χ4v) is 4.23. The van der Waals surface area contributed by atoms with E-state index >= 15 is 0 Å². The van der Waals surface area contributed by atoms with Crippen molar-refractivity contribution >= 4 is 27.3 Å². The molecule has 0 radical (unpaired) electrons. The summed E-state index contributed by atoms with van der Waals surface area (Å²) in [7, 11) is 1.86. The highest BCUT2D eigenvalue weighted by atomic mass is 79.9. The van der Waals surface area contributed by atoms with Gasteiger partial charge in [-0.15, -0.1) is 11.3 Å². The summed E-state index contributed by atoms with van der Waals surface area (Å²) in [6, 6.07) is 0. The van der Waals surface area contributed by atoms with Crippen LogP contribution in [0.5, 0.6) is 0 Å². The Balaban J connectivity index is 2.27. The van der Waals surface area contributed by atoms with E-state index in [2.05, 4.69) is 21.2 Å². The van der Waals surface area contributed by atoms with Crippen molar-refractivity contribution in [2.24, 2.45) is 0 Å². The Hall–Kier alpha value is 0.100. The summed E-state index contributed by atoms with van der Waals surface area (Å²) in [5.41, 5.74) is 1.43. The number of hydrogen-bond acceptors (Lipinski definition) is 3. The van der Waals surface area contributed by atoms with Crippen molar-refractivity contribution in [2.45, 2.75) is 25.4 Å². The summed E-state index contributed by atoms with van der Waals surface area (Å²) >= 11 is 5.36. The molecule has 2 N–H and O–H groups in total. The predicted molar refractivity (Wildman–Crippen MR) is 62.9 cm³/mol. The van der Waals surface area contributed by atoms with Crippen LogP contribution in [-0.2, 0) is 12.8 Å². The van der Waals surface area contributed by atoms with Crippen LogP contribution in [0.25, 0.3) is 0 Å². The summed E-state index contributed by atoms with van der Waals surface area (Å²) in [4.78, 5) is 2.55. The average Bonchev–Trinajstić information content (AvgIpc) is 2.69. The predicted octanol–water partition coefficient (Wildman–Crippen LogP) is 2.25. The van der Waals surface area contributed by atoms with Crippen LogP contribution in [0.4, 0.5) is 0 Å². The standard InChI is InChI=1S/C10H14BrNOS/c1-12-5-7(13)10-9(11)6-3-2-4-8(6)14-10/h7,12-13H,2-5H2,1H3. The maximum Gasteiger partial charge on any atom is 0.102 e. The third kappa shape index (κ3) is 1.76. The topological polar surface area (TPSA) is 32.3 Å². The number of aryl methyl sites for hydroxylation is 1. The quantitative estimate of drug-likeness (QED) is 0.887. The molecule has 14 heavy (non-hydrogen) atoms. The molecule has 1 aromatic rings. The molecular formula is C10H14BrNOS. The van der Waals surface area contributed by atoms with Crippen LogP contribution in [0.1, 0.15) is 27.8 Å². The molecule has 0 aliphatic heterocycles. The molecule has 0 fully saturated rings. The highest BCUT2D eigenvalue weighted by Gasteiger charge is 2.23. The molecule has 78 valence electrons. The fourth-order valence-electron chi connectivity index (χ4n) is 1.89. The van der Waals surface area contributed by atoms with Gasteiger partial charge in [-0.25, -0.2) is 0 Å². The molecule has 0 saturated heterocycles. The number of nitrogens with one attached hydrogen (secondary N) is 1. The number of aliphatic hydroxyl groups excluding tert-OH is 1. The Morgan fingerprint density at radius 1 is 1.57 bits per heavy atom. The molecule has 1 atom stereocenters. The van der Waals surface area contributed by atoms with Gasteiger partial charge in [-0.2, -0.15) is 0 Å². The average molecular weight is 276 g/mol. The van der Waals surface area contributed by atoms with Gasteiger partial charge in [-0.05, 0) is 47.8 Å². The molecule has 0 spiro atoms. The van der Waals surface area contributed by atoms with E-state index < -0.39 is 0 Å². The first-order chi connectivity index (χ1) is 6.74. The van der Waals surface area contributed by atoms with Gasteiger partial charge in [0.1, 0.15) is 6.10 Å². The molecule has 1 unspecified atom stereocenters. The van der Waals surface area contributed by atoms with Crippen LogP contribution in [-0.4, -0.2) is 18.7 Å². The van der Waals surface area contributed by atoms with Crippen molar-refractivity contribution in [1.29, 1.82) is 0 Å². The van der Waals surface area contributed by atoms with E-state index in [4.69, 9.17) is 0 Å². The van der Waals surface area contributed by atoms with Crippen LogP contribution in [0.3, 0.4) is 0 Å². The molecule has 1 aliphatic rings. The molecule has 0 bridgehead atoms. The molecule has 4 heteroatoms. The summed E-state index contributed by atoms with van der Waals surface area (Å²) in [5.74, 6) is 0. The Bertz CT molecular complexity index is 337. The van der Waals surface area contributed by atoms with Crippen LogP contribution in [0.15, 0.2) is 4.47 Å². The third-order valence-electron chi connectivity index (χ3n) is 2.58. The van der Waals surface area contributed by atoms with E-state index in [0.29, 0.717) is 6.54 Å². The van der Waals surface area contributed by atoms with Crippen LogP contribution >= 0.6 is 27.3 Å². The normalized spacial score (nSPS) is 17.1. The monoisotopic (exact) mass is 275 g/mol. The van der Waals surface area contributed by atoms with Crippen LogP contribution < -0.4 is 5.32 Å². The summed E-state index contributed by atoms with van der Waals surface area (Å²) in [6.07, 6.45) is 3.25. The zero-order valence-corrected chi connectivity index (χ0v) is 10.5. The van der Waals surface area contributed by atoms with Crippen molar-refractivity contribution in [3.63, 3.8) is 0 Å². The van der Waals surface area contributed by atoms with Crippen molar-refractivity contribution < 1.29 is 5.11 Å². The smallest absolute Gasteiger partial charge is 0.102 e. The van der Waals surface area contributed by atoms with E-state index in [1.807, 2.05) is 7.05 Å². The number of likely N-dealkylation sites (N-methyl/N-ethyl adjacent to an activating group) is 1. The van der Waals surface area contributed by atoms with E-state index in [-0.39, 0.29) is 6.10 Å². The first-order valence-corrected chi connectivity index (χ1v) is 6.47. The van der Waals surface area contributed by atoms with Gasteiger partial charge in [0, 0.05) is 20.8 Å². The molecule has 1 aliphatic carbocycles. The SMILES string of the molecule is CNCC(O)c1sc2c(c1Br)CCC2. The molecule has 0 aromatic carbocycles. The van der Waals surface area contributed by atoms with Crippen molar-refractivity contribution in [1.82, 2.24) is 5.32 Å². The minimum atomic E-state index is -0.370. The van der Waals surface area contributed by atoms with Gasteiger partial charge in [0.2, 0.25) is 0 Å². The Morgan fingerprint density at radius 3 is 3.00 bits per heavy atom. The third-order valence-corrected chi connectivity index (χ3v) is 5.14. The molecule has 2 rings (SSSR count).